The van der Waals surface area contributed by atoms with Gasteiger partial charge in [0.25, 0.3) is 0 Å². The first kappa shape index (κ1) is 14.0. The van der Waals surface area contributed by atoms with Gasteiger partial charge in [-0.2, -0.15) is 0 Å². The summed E-state index contributed by atoms with van der Waals surface area (Å²) in [6.07, 6.45) is 5.92. The van der Waals surface area contributed by atoms with Crippen LogP contribution in [0.15, 0.2) is 18.2 Å². The van der Waals surface area contributed by atoms with Crippen molar-refractivity contribution in [3.05, 3.63) is 35.1 Å². The molecule has 0 radical (unpaired) electrons. The van der Waals surface area contributed by atoms with E-state index >= 15 is 0 Å². The molecule has 0 aliphatic heterocycles. The maximum Gasteiger partial charge on any atom is 0.123 e. The fourth-order valence-corrected chi connectivity index (χ4v) is 4.32. The second-order valence-corrected chi connectivity index (χ2v) is 6.89. The highest BCUT2D eigenvalue weighted by Gasteiger charge is 2.57. The molecule has 3 heteroatoms. The van der Waals surface area contributed by atoms with Gasteiger partial charge in [-0.1, -0.05) is 25.3 Å². The van der Waals surface area contributed by atoms with Gasteiger partial charge in [0.15, 0.2) is 0 Å². The number of aliphatic hydroxyl groups is 1. The predicted octanol–water partition coefficient (Wildman–Crippen LogP) is 2.88. The van der Waals surface area contributed by atoms with Gasteiger partial charge < -0.3 is 10.0 Å². The normalized spacial score (nSPS) is 28.1. The summed E-state index contributed by atoms with van der Waals surface area (Å²) < 4.78 is 13.7. The largest absolute Gasteiger partial charge is 0.389 e. The van der Waals surface area contributed by atoms with Crippen molar-refractivity contribution in [2.45, 2.75) is 49.5 Å². The van der Waals surface area contributed by atoms with Crippen molar-refractivity contribution in [1.29, 1.82) is 0 Å². The van der Waals surface area contributed by atoms with Crippen LogP contribution in [0.2, 0.25) is 0 Å². The van der Waals surface area contributed by atoms with E-state index in [1.54, 1.807) is 6.07 Å². The summed E-state index contributed by atoms with van der Waals surface area (Å²) >= 11 is 0. The number of benzene rings is 1. The number of likely N-dealkylation sites (N-methyl/N-ethyl adjacent to an activating group) is 1. The van der Waals surface area contributed by atoms with E-state index in [9.17, 15) is 9.50 Å². The molecule has 1 atom stereocenters. The van der Waals surface area contributed by atoms with Crippen LogP contribution in [0.1, 0.15) is 43.2 Å². The number of nitrogens with zero attached hydrogens (tertiary/aromatic N) is 1. The second-order valence-electron chi connectivity index (χ2n) is 6.89. The zero-order chi connectivity index (χ0) is 14.4. The van der Waals surface area contributed by atoms with Crippen LogP contribution < -0.4 is 0 Å². The van der Waals surface area contributed by atoms with Crippen molar-refractivity contribution in [2.24, 2.45) is 0 Å². The molecular weight excluding hydrogens is 253 g/mol. The topological polar surface area (TPSA) is 23.5 Å². The van der Waals surface area contributed by atoms with Crippen molar-refractivity contribution < 1.29 is 9.50 Å². The van der Waals surface area contributed by atoms with Gasteiger partial charge >= 0.3 is 0 Å². The van der Waals surface area contributed by atoms with E-state index in [4.69, 9.17) is 0 Å². The lowest BCUT2D eigenvalue weighted by atomic mass is 9.52. The number of hydrogen-bond acceptors (Lipinski definition) is 2. The highest BCUT2D eigenvalue weighted by Crippen LogP contribution is 2.53. The van der Waals surface area contributed by atoms with Gasteiger partial charge in [-0.3, -0.25) is 0 Å². The van der Waals surface area contributed by atoms with E-state index in [2.05, 4.69) is 4.90 Å². The Morgan fingerprint density at radius 2 is 1.90 bits per heavy atom. The average molecular weight is 277 g/mol. The maximum absolute atomic E-state index is 13.7. The zero-order valence-corrected chi connectivity index (χ0v) is 12.5. The van der Waals surface area contributed by atoms with Gasteiger partial charge in [0.2, 0.25) is 0 Å². The van der Waals surface area contributed by atoms with E-state index in [0.29, 0.717) is 0 Å². The van der Waals surface area contributed by atoms with Gasteiger partial charge in [0.1, 0.15) is 5.82 Å². The molecule has 1 aromatic carbocycles. The van der Waals surface area contributed by atoms with Gasteiger partial charge in [0, 0.05) is 12.0 Å². The van der Waals surface area contributed by atoms with E-state index in [-0.39, 0.29) is 11.2 Å². The molecule has 20 heavy (non-hydrogen) atoms. The predicted molar refractivity (Wildman–Crippen MR) is 78.4 cm³/mol. The third-order valence-corrected chi connectivity index (χ3v) is 5.24. The Hall–Kier alpha value is -0.930. The molecule has 0 saturated heterocycles. The monoisotopic (exact) mass is 277 g/mol. The first-order valence-corrected chi connectivity index (χ1v) is 7.63. The molecule has 1 N–H and O–H groups in total. The summed E-state index contributed by atoms with van der Waals surface area (Å²) in [7, 11) is 4.07. The molecule has 1 fully saturated rings. The van der Waals surface area contributed by atoms with Gasteiger partial charge in [-0.25, -0.2) is 4.39 Å². The fraction of sp³-hybridized carbons (Fsp3) is 0.647. The zero-order valence-electron chi connectivity index (χ0n) is 12.5. The summed E-state index contributed by atoms with van der Waals surface area (Å²) in [5.41, 5.74) is 1.29. The Balaban J connectivity index is 2.03. The Morgan fingerprint density at radius 1 is 1.20 bits per heavy atom. The molecule has 0 heterocycles. The Morgan fingerprint density at radius 3 is 2.55 bits per heavy atom. The minimum Gasteiger partial charge on any atom is -0.389 e. The van der Waals surface area contributed by atoms with Crippen molar-refractivity contribution in [2.75, 3.05) is 20.6 Å². The molecule has 0 amide bonds. The second kappa shape index (κ2) is 4.81. The van der Waals surface area contributed by atoms with Crippen LogP contribution >= 0.6 is 0 Å². The molecule has 2 aliphatic carbocycles. The molecule has 2 nitrogen and oxygen atoms in total. The average Bonchev–Trinajstić information content (AvgIpc) is 2.38. The molecule has 1 saturated carbocycles. The smallest absolute Gasteiger partial charge is 0.123 e. The van der Waals surface area contributed by atoms with E-state index in [0.717, 1.165) is 44.2 Å². The molecule has 1 unspecified atom stereocenters. The first-order chi connectivity index (χ1) is 9.47. The van der Waals surface area contributed by atoms with Crippen LogP contribution in [0.5, 0.6) is 0 Å². The molecule has 0 aromatic heterocycles. The lowest BCUT2D eigenvalue weighted by Crippen LogP contribution is -2.63. The van der Waals surface area contributed by atoms with E-state index in [1.165, 1.54) is 18.1 Å². The number of halogens is 1. The van der Waals surface area contributed by atoms with Crippen LogP contribution in [-0.2, 0) is 11.8 Å². The lowest BCUT2D eigenvalue weighted by molar-refractivity contribution is -0.0870. The summed E-state index contributed by atoms with van der Waals surface area (Å²) in [5, 5.41) is 11.3. The van der Waals surface area contributed by atoms with Crippen LogP contribution in [0, 0.1) is 5.82 Å². The van der Waals surface area contributed by atoms with Gasteiger partial charge in [0.05, 0.1) is 5.60 Å². The summed E-state index contributed by atoms with van der Waals surface area (Å²) in [6, 6.07) is 5.06. The number of rotatable bonds is 3. The minimum atomic E-state index is -0.670. The minimum absolute atomic E-state index is 0.189. The molecule has 110 valence electrons. The Bertz CT molecular complexity index is 508. The number of fused-ring (bicyclic) bond motifs is 1. The summed E-state index contributed by atoms with van der Waals surface area (Å²) in [5.74, 6) is -0.189. The molecule has 0 spiro atoms. The Kier molecular flexibility index (Phi) is 3.38. The van der Waals surface area contributed by atoms with Crippen LogP contribution in [0.4, 0.5) is 4.39 Å². The highest BCUT2D eigenvalue weighted by atomic mass is 19.1. The Labute approximate surface area is 120 Å². The van der Waals surface area contributed by atoms with E-state index in [1.807, 2.05) is 20.2 Å². The van der Waals surface area contributed by atoms with Crippen LogP contribution in [0.3, 0.4) is 0 Å². The van der Waals surface area contributed by atoms with Crippen LogP contribution in [-0.4, -0.2) is 36.2 Å². The van der Waals surface area contributed by atoms with Crippen molar-refractivity contribution in [1.82, 2.24) is 4.90 Å². The summed E-state index contributed by atoms with van der Waals surface area (Å²) in [6.45, 7) is 0.792. The third kappa shape index (κ3) is 1.99. The third-order valence-electron chi connectivity index (χ3n) is 5.24. The molecule has 0 bridgehead atoms. The fourth-order valence-electron chi connectivity index (χ4n) is 4.32. The van der Waals surface area contributed by atoms with E-state index < -0.39 is 5.60 Å². The van der Waals surface area contributed by atoms with Crippen molar-refractivity contribution in [3.63, 3.8) is 0 Å². The molecular formula is C17H24FNO. The van der Waals surface area contributed by atoms with Crippen molar-refractivity contribution in [3.8, 4) is 0 Å². The SMILES string of the molecule is CN(C)CC1(C2(O)CCCCC2)Cc2ccc(F)cc21. The molecule has 2 aliphatic rings. The maximum atomic E-state index is 13.7. The van der Waals surface area contributed by atoms with Crippen LogP contribution in [0.25, 0.3) is 0 Å². The van der Waals surface area contributed by atoms with Crippen molar-refractivity contribution >= 4 is 0 Å². The standard InChI is InChI=1S/C17H24FNO/c1-19(2)12-16(17(20)8-4-3-5-9-17)11-13-6-7-14(18)10-15(13)16/h6-7,10,20H,3-5,8-9,11-12H2,1-2H3. The molecule has 1 aromatic rings. The lowest BCUT2D eigenvalue weighted by Gasteiger charge is -2.57. The number of hydrogen-bond donors (Lipinski definition) is 1. The first-order valence-electron chi connectivity index (χ1n) is 7.63. The van der Waals surface area contributed by atoms with Gasteiger partial charge in [-0.05, 0) is 56.6 Å². The quantitative estimate of drug-likeness (QED) is 0.918. The highest BCUT2D eigenvalue weighted by molar-refractivity contribution is 5.49. The van der Waals surface area contributed by atoms with Gasteiger partial charge in [-0.15, -0.1) is 0 Å². The summed E-state index contributed by atoms with van der Waals surface area (Å²) in [4.78, 5) is 2.13. The molecule has 3 rings (SSSR count).